The number of aryl methyl sites for hydroxylation is 1. The fourth-order valence-corrected chi connectivity index (χ4v) is 3.59. The Kier molecular flexibility index (Phi) is 7.30. The number of nitrogens with zero attached hydrogens (tertiary/aromatic N) is 3. The van der Waals surface area contributed by atoms with Crippen molar-refractivity contribution in [1.29, 1.82) is 0 Å². The highest BCUT2D eigenvalue weighted by molar-refractivity contribution is 7.11. The minimum absolute atomic E-state index is 0.519. The third kappa shape index (κ3) is 5.77. The van der Waals surface area contributed by atoms with E-state index in [9.17, 15) is 0 Å². The molecule has 0 unspecified atom stereocenters. The molecule has 0 radical (unpaired) electrons. The molecule has 0 bridgehead atoms. The van der Waals surface area contributed by atoms with Gasteiger partial charge in [0.1, 0.15) is 5.01 Å². The minimum Gasteiger partial charge on any atom is -0.357 e. The molecule has 6 heteroatoms. The van der Waals surface area contributed by atoms with Gasteiger partial charge in [-0.1, -0.05) is 6.92 Å². The number of nitrogens with one attached hydrogen (secondary N) is 2. The number of likely N-dealkylation sites (tertiary alicyclic amines) is 1. The summed E-state index contributed by atoms with van der Waals surface area (Å²) in [6.45, 7) is 12.7. The fourth-order valence-electron chi connectivity index (χ4n) is 2.80. The van der Waals surface area contributed by atoms with E-state index in [0.717, 1.165) is 23.9 Å². The molecule has 2 N–H and O–H groups in total. The molecule has 1 fully saturated rings. The second-order valence-electron chi connectivity index (χ2n) is 6.32. The number of rotatable bonds is 6. The predicted octanol–water partition coefficient (Wildman–Crippen LogP) is 2.63. The van der Waals surface area contributed by atoms with Crippen molar-refractivity contribution in [3.05, 3.63) is 16.1 Å². The molecule has 0 aliphatic carbocycles. The summed E-state index contributed by atoms with van der Waals surface area (Å²) in [5.41, 5.74) is 0. The first kappa shape index (κ1) is 18.2. The lowest BCUT2D eigenvalue weighted by Gasteiger charge is -2.35. The van der Waals surface area contributed by atoms with Crippen LogP contribution in [0, 0.1) is 0 Å². The van der Waals surface area contributed by atoms with Crippen LogP contribution < -0.4 is 10.6 Å². The van der Waals surface area contributed by atoms with Crippen LogP contribution in [-0.2, 0) is 13.0 Å². The molecule has 0 saturated carbocycles. The topological polar surface area (TPSA) is 52.6 Å². The number of hydrogen-bond donors (Lipinski definition) is 2. The lowest BCUT2D eigenvalue weighted by Crippen LogP contribution is -2.49. The van der Waals surface area contributed by atoms with E-state index in [2.05, 4.69) is 48.2 Å². The number of piperidine rings is 1. The summed E-state index contributed by atoms with van der Waals surface area (Å²) >= 11 is 1.76. The summed E-state index contributed by atoms with van der Waals surface area (Å²) in [6.07, 6.45) is 5.38. The Labute approximate surface area is 144 Å². The van der Waals surface area contributed by atoms with Gasteiger partial charge in [-0.3, -0.25) is 0 Å². The van der Waals surface area contributed by atoms with Gasteiger partial charge in [-0.2, -0.15) is 0 Å². The lowest BCUT2D eigenvalue weighted by molar-refractivity contribution is 0.167. The van der Waals surface area contributed by atoms with Crippen molar-refractivity contribution in [2.45, 2.75) is 65.6 Å². The number of aliphatic imine (C=N–C) groups is 1. The van der Waals surface area contributed by atoms with Crippen LogP contribution in [0.25, 0.3) is 0 Å². The molecule has 0 aromatic carbocycles. The molecule has 2 heterocycles. The minimum atomic E-state index is 0.519. The maximum atomic E-state index is 4.71. The van der Waals surface area contributed by atoms with Gasteiger partial charge in [0.15, 0.2) is 5.96 Å². The van der Waals surface area contributed by atoms with Crippen molar-refractivity contribution in [3.8, 4) is 0 Å². The fraction of sp³-hybridized carbons (Fsp3) is 0.765. The third-order valence-electron chi connectivity index (χ3n) is 4.27. The van der Waals surface area contributed by atoms with Crippen molar-refractivity contribution in [2.75, 3.05) is 19.6 Å². The van der Waals surface area contributed by atoms with Crippen LogP contribution in [-0.4, -0.2) is 47.6 Å². The Morgan fingerprint density at radius 1 is 1.39 bits per heavy atom. The molecule has 0 spiro atoms. The lowest BCUT2D eigenvalue weighted by atomic mass is 10.0. The molecule has 0 atom stereocenters. The molecule has 1 aromatic rings. The van der Waals surface area contributed by atoms with E-state index in [-0.39, 0.29) is 0 Å². The Morgan fingerprint density at radius 3 is 2.70 bits per heavy atom. The first-order valence-corrected chi connectivity index (χ1v) is 9.66. The second kappa shape index (κ2) is 9.23. The predicted molar refractivity (Wildman–Crippen MR) is 99.2 cm³/mol. The molecule has 1 aliphatic rings. The largest absolute Gasteiger partial charge is 0.357 e. The summed E-state index contributed by atoms with van der Waals surface area (Å²) < 4.78 is 0. The van der Waals surface area contributed by atoms with Crippen LogP contribution in [0.3, 0.4) is 0 Å². The second-order valence-corrected chi connectivity index (χ2v) is 7.52. The molecule has 1 aliphatic heterocycles. The molecule has 23 heavy (non-hydrogen) atoms. The van der Waals surface area contributed by atoms with Crippen LogP contribution in [0.1, 0.15) is 50.4 Å². The molecule has 1 aromatic heterocycles. The average molecular weight is 338 g/mol. The van der Waals surface area contributed by atoms with E-state index in [1.54, 1.807) is 11.3 Å². The van der Waals surface area contributed by atoms with E-state index in [4.69, 9.17) is 4.99 Å². The SMILES string of the molecule is CCNC(=NCc1ncc(CC)s1)NC1CCN(C(C)C)CC1. The quantitative estimate of drug-likeness (QED) is 0.619. The standard InChI is InChI=1S/C17H31N5S/c1-5-15-11-19-16(23-15)12-20-17(18-6-2)21-14-7-9-22(10-8-14)13(3)4/h11,13-14H,5-10,12H2,1-4H3,(H2,18,20,21). The summed E-state index contributed by atoms with van der Waals surface area (Å²) in [7, 11) is 0. The zero-order valence-electron chi connectivity index (χ0n) is 14.9. The van der Waals surface area contributed by atoms with E-state index in [0.29, 0.717) is 18.6 Å². The molecule has 5 nitrogen and oxygen atoms in total. The molecule has 1 saturated heterocycles. The van der Waals surface area contributed by atoms with E-state index in [1.807, 2.05) is 6.20 Å². The monoisotopic (exact) mass is 337 g/mol. The summed E-state index contributed by atoms with van der Waals surface area (Å²) in [5, 5.41) is 8.04. The Balaban J connectivity index is 1.87. The maximum absolute atomic E-state index is 4.71. The van der Waals surface area contributed by atoms with Gasteiger partial charge in [-0.05, 0) is 40.0 Å². The molecule has 130 valence electrons. The highest BCUT2D eigenvalue weighted by atomic mass is 32.1. The average Bonchev–Trinajstić information content (AvgIpc) is 3.01. The zero-order valence-corrected chi connectivity index (χ0v) is 15.7. The third-order valence-corrected chi connectivity index (χ3v) is 5.39. The zero-order chi connectivity index (χ0) is 16.7. The van der Waals surface area contributed by atoms with Crippen molar-refractivity contribution < 1.29 is 0 Å². The maximum Gasteiger partial charge on any atom is 0.191 e. The first-order chi connectivity index (χ1) is 11.1. The van der Waals surface area contributed by atoms with E-state index >= 15 is 0 Å². The van der Waals surface area contributed by atoms with Crippen molar-refractivity contribution in [2.24, 2.45) is 4.99 Å². The summed E-state index contributed by atoms with van der Waals surface area (Å²) in [5.74, 6) is 0.920. The van der Waals surface area contributed by atoms with Crippen LogP contribution >= 0.6 is 11.3 Å². The van der Waals surface area contributed by atoms with Crippen molar-refractivity contribution in [3.63, 3.8) is 0 Å². The smallest absolute Gasteiger partial charge is 0.191 e. The number of hydrogen-bond acceptors (Lipinski definition) is 4. The molecule has 2 rings (SSSR count). The Bertz CT molecular complexity index is 489. The number of aromatic nitrogens is 1. The van der Waals surface area contributed by atoms with Gasteiger partial charge in [0.2, 0.25) is 0 Å². The van der Waals surface area contributed by atoms with Gasteiger partial charge < -0.3 is 15.5 Å². The van der Waals surface area contributed by atoms with Crippen molar-refractivity contribution >= 4 is 17.3 Å². The first-order valence-electron chi connectivity index (χ1n) is 8.84. The van der Waals surface area contributed by atoms with Crippen LogP contribution in [0.4, 0.5) is 0 Å². The Morgan fingerprint density at radius 2 is 2.13 bits per heavy atom. The van der Waals surface area contributed by atoms with Gasteiger partial charge in [0.25, 0.3) is 0 Å². The number of guanidine groups is 1. The molecular weight excluding hydrogens is 306 g/mol. The van der Waals surface area contributed by atoms with Gasteiger partial charge in [-0.15, -0.1) is 11.3 Å². The normalized spacial score (nSPS) is 17.7. The van der Waals surface area contributed by atoms with Crippen LogP contribution in [0.2, 0.25) is 0 Å². The van der Waals surface area contributed by atoms with Crippen LogP contribution in [0.5, 0.6) is 0 Å². The Hall–Kier alpha value is -1.14. The summed E-state index contributed by atoms with van der Waals surface area (Å²) in [6, 6.07) is 1.17. The van der Waals surface area contributed by atoms with E-state index in [1.165, 1.54) is 30.8 Å². The van der Waals surface area contributed by atoms with Gasteiger partial charge in [0, 0.05) is 42.8 Å². The van der Waals surface area contributed by atoms with Crippen LogP contribution in [0.15, 0.2) is 11.2 Å². The highest BCUT2D eigenvalue weighted by Gasteiger charge is 2.21. The van der Waals surface area contributed by atoms with Gasteiger partial charge in [0.05, 0.1) is 6.54 Å². The summed E-state index contributed by atoms with van der Waals surface area (Å²) in [4.78, 5) is 13.0. The molecule has 0 amide bonds. The van der Waals surface area contributed by atoms with Crippen molar-refractivity contribution in [1.82, 2.24) is 20.5 Å². The molecular formula is C17H31N5S. The number of thiazole rings is 1. The van der Waals surface area contributed by atoms with Gasteiger partial charge in [-0.25, -0.2) is 9.98 Å². The highest BCUT2D eigenvalue weighted by Crippen LogP contribution is 2.15. The van der Waals surface area contributed by atoms with E-state index < -0.39 is 0 Å². The van der Waals surface area contributed by atoms with Gasteiger partial charge >= 0.3 is 0 Å².